The highest BCUT2D eigenvalue weighted by atomic mass is 19.4. The number of alkyl halides is 3. The van der Waals surface area contributed by atoms with E-state index in [4.69, 9.17) is 4.74 Å². The van der Waals surface area contributed by atoms with Gasteiger partial charge in [-0.2, -0.15) is 13.2 Å². The molecule has 1 aliphatic rings. The molecule has 10 heteroatoms. The first-order valence-corrected chi connectivity index (χ1v) is 8.17. The zero-order valence-corrected chi connectivity index (χ0v) is 14.1. The molecule has 27 heavy (non-hydrogen) atoms. The lowest BCUT2D eigenvalue weighted by Gasteiger charge is -2.36. The smallest absolute Gasteiger partial charge is 0.485 e. The van der Waals surface area contributed by atoms with E-state index >= 15 is 0 Å². The quantitative estimate of drug-likeness (QED) is 0.792. The summed E-state index contributed by atoms with van der Waals surface area (Å²) >= 11 is 0. The standard InChI is InChI=1S/C17H17F3N4O3/c18-17(19,20)16(25)27-14-10-22-8-9-24(14)15-13(2-1-5-23-15)26-11-12-3-6-21-7-4-12/h1-7,14,22H,8-11H2. The third-order valence-electron chi connectivity index (χ3n) is 3.84. The molecule has 1 saturated heterocycles. The number of rotatable bonds is 5. The number of esters is 1. The minimum atomic E-state index is -5.06. The Kier molecular flexibility index (Phi) is 5.75. The van der Waals surface area contributed by atoms with Gasteiger partial charge in [0.25, 0.3) is 0 Å². The fraction of sp³-hybridized carbons (Fsp3) is 0.353. The van der Waals surface area contributed by atoms with Gasteiger partial charge in [0.1, 0.15) is 6.61 Å². The van der Waals surface area contributed by atoms with E-state index in [-0.39, 0.29) is 13.2 Å². The molecule has 1 atom stereocenters. The Labute approximate surface area is 153 Å². The molecule has 0 spiro atoms. The largest absolute Gasteiger partial charge is 0.491 e. The Morgan fingerprint density at radius 3 is 2.78 bits per heavy atom. The molecule has 1 N–H and O–H groups in total. The van der Waals surface area contributed by atoms with Gasteiger partial charge in [-0.05, 0) is 29.8 Å². The van der Waals surface area contributed by atoms with Crippen LogP contribution in [0.25, 0.3) is 0 Å². The van der Waals surface area contributed by atoms with Gasteiger partial charge in [0.2, 0.25) is 0 Å². The number of pyridine rings is 2. The lowest BCUT2D eigenvalue weighted by molar-refractivity contribution is -0.205. The van der Waals surface area contributed by atoms with E-state index < -0.39 is 18.4 Å². The average molecular weight is 382 g/mol. The van der Waals surface area contributed by atoms with Crippen LogP contribution in [0, 0.1) is 0 Å². The summed E-state index contributed by atoms with van der Waals surface area (Å²) in [6.45, 7) is 1.08. The van der Waals surface area contributed by atoms with Gasteiger partial charge in [-0.25, -0.2) is 9.78 Å². The number of carbonyl (C=O) groups is 1. The molecule has 0 radical (unpaired) electrons. The highest BCUT2D eigenvalue weighted by Gasteiger charge is 2.43. The lowest BCUT2D eigenvalue weighted by atomic mass is 10.3. The van der Waals surface area contributed by atoms with Crippen molar-refractivity contribution in [2.45, 2.75) is 19.0 Å². The predicted molar refractivity (Wildman–Crippen MR) is 89.0 cm³/mol. The summed E-state index contributed by atoms with van der Waals surface area (Å²) in [5.74, 6) is -1.55. The zero-order chi connectivity index (χ0) is 19.3. The average Bonchev–Trinajstić information content (AvgIpc) is 2.67. The molecule has 0 aromatic carbocycles. The molecule has 1 fully saturated rings. The highest BCUT2D eigenvalue weighted by molar-refractivity contribution is 5.76. The van der Waals surface area contributed by atoms with Crippen molar-refractivity contribution < 1.29 is 27.4 Å². The molecule has 2 aromatic rings. The maximum Gasteiger partial charge on any atom is 0.491 e. The normalized spacial score (nSPS) is 17.4. The molecule has 0 saturated carbocycles. The van der Waals surface area contributed by atoms with E-state index in [1.807, 2.05) is 0 Å². The van der Waals surface area contributed by atoms with Crippen molar-refractivity contribution in [2.75, 3.05) is 24.5 Å². The number of hydrogen-bond acceptors (Lipinski definition) is 7. The molecule has 0 bridgehead atoms. The summed E-state index contributed by atoms with van der Waals surface area (Å²) in [4.78, 5) is 20.9. The number of aromatic nitrogens is 2. The maximum atomic E-state index is 12.6. The van der Waals surface area contributed by atoms with Crippen LogP contribution in [0.3, 0.4) is 0 Å². The van der Waals surface area contributed by atoms with Gasteiger partial charge in [-0.3, -0.25) is 4.98 Å². The molecule has 144 valence electrons. The molecule has 3 heterocycles. The number of halogens is 3. The summed E-state index contributed by atoms with van der Waals surface area (Å²) in [5, 5.41) is 2.91. The number of carbonyl (C=O) groups excluding carboxylic acids is 1. The molecular weight excluding hydrogens is 365 g/mol. The second-order valence-corrected chi connectivity index (χ2v) is 5.72. The van der Waals surface area contributed by atoms with Crippen LogP contribution < -0.4 is 15.0 Å². The molecule has 0 amide bonds. The van der Waals surface area contributed by atoms with Crippen LogP contribution in [-0.2, 0) is 16.1 Å². The number of hydrogen-bond donors (Lipinski definition) is 1. The van der Waals surface area contributed by atoms with Crippen LogP contribution in [0.15, 0.2) is 42.9 Å². The van der Waals surface area contributed by atoms with E-state index in [1.54, 1.807) is 36.7 Å². The van der Waals surface area contributed by atoms with Crippen molar-refractivity contribution >= 4 is 11.8 Å². The SMILES string of the molecule is O=C(OC1CNCCN1c1ncccc1OCc1ccncc1)C(F)(F)F. The minimum absolute atomic E-state index is 0.0438. The lowest BCUT2D eigenvalue weighted by Crippen LogP contribution is -2.54. The van der Waals surface area contributed by atoms with E-state index in [9.17, 15) is 18.0 Å². The Balaban J connectivity index is 1.77. The second-order valence-electron chi connectivity index (χ2n) is 5.72. The van der Waals surface area contributed by atoms with Crippen molar-refractivity contribution in [2.24, 2.45) is 0 Å². The van der Waals surface area contributed by atoms with Gasteiger partial charge in [-0.15, -0.1) is 0 Å². The summed E-state index contributed by atoms with van der Waals surface area (Å²) in [6, 6.07) is 6.89. The van der Waals surface area contributed by atoms with Gasteiger partial charge < -0.3 is 19.7 Å². The monoisotopic (exact) mass is 382 g/mol. The van der Waals surface area contributed by atoms with E-state index in [2.05, 4.69) is 20.0 Å². The van der Waals surface area contributed by atoms with Crippen LogP contribution in [0.5, 0.6) is 5.75 Å². The van der Waals surface area contributed by atoms with Crippen molar-refractivity contribution in [1.82, 2.24) is 15.3 Å². The minimum Gasteiger partial charge on any atom is -0.485 e. The van der Waals surface area contributed by atoms with Crippen LogP contribution in [0.4, 0.5) is 19.0 Å². The summed E-state index contributed by atoms with van der Waals surface area (Å²) in [7, 11) is 0. The van der Waals surface area contributed by atoms with E-state index in [1.165, 1.54) is 11.1 Å². The molecule has 1 aliphatic heterocycles. The molecular formula is C17H17F3N4O3. The zero-order valence-electron chi connectivity index (χ0n) is 14.1. The molecule has 0 aliphatic carbocycles. The highest BCUT2D eigenvalue weighted by Crippen LogP contribution is 2.29. The summed E-state index contributed by atoms with van der Waals surface area (Å²) in [6.07, 6.45) is -1.45. The van der Waals surface area contributed by atoms with Gasteiger partial charge >= 0.3 is 12.1 Å². The van der Waals surface area contributed by atoms with Gasteiger partial charge in [0, 0.05) is 31.7 Å². The summed E-state index contributed by atoms with van der Waals surface area (Å²) < 4.78 is 48.1. The maximum absolute atomic E-state index is 12.6. The van der Waals surface area contributed by atoms with Gasteiger partial charge in [-0.1, -0.05) is 0 Å². The van der Waals surface area contributed by atoms with Gasteiger partial charge in [0.15, 0.2) is 17.8 Å². The third-order valence-corrected chi connectivity index (χ3v) is 3.84. The van der Waals surface area contributed by atoms with E-state index in [0.29, 0.717) is 24.7 Å². The van der Waals surface area contributed by atoms with Crippen molar-refractivity contribution in [3.8, 4) is 5.75 Å². The van der Waals surface area contributed by atoms with Crippen LogP contribution >= 0.6 is 0 Å². The third kappa shape index (κ3) is 4.85. The first kappa shape index (κ1) is 18.9. The second kappa shape index (κ2) is 8.21. The Hall–Kier alpha value is -2.88. The number of ether oxygens (including phenoxy) is 2. The molecule has 3 rings (SSSR count). The van der Waals surface area contributed by atoms with Crippen LogP contribution in [0.2, 0.25) is 0 Å². The van der Waals surface area contributed by atoms with Crippen molar-refractivity contribution in [3.63, 3.8) is 0 Å². The molecule has 1 unspecified atom stereocenters. The van der Waals surface area contributed by atoms with Crippen LogP contribution in [0.1, 0.15) is 5.56 Å². The number of nitrogens with one attached hydrogen (secondary N) is 1. The van der Waals surface area contributed by atoms with Crippen molar-refractivity contribution in [1.29, 1.82) is 0 Å². The molecule has 7 nitrogen and oxygen atoms in total. The predicted octanol–water partition coefficient (Wildman–Crippen LogP) is 1.90. The Morgan fingerprint density at radius 2 is 2.04 bits per heavy atom. The van der Waals surface area contributed by atoms with E-state index in [0.717, 1.165) is 5.56 Å². The number of piperazine rings is 1. The Morgan fingerprint density at radius 1 is 1.26 bits per heavy atom. The molecule has 2 aromatic heterocycles. The van der Waals surface area contributed by atoms with Crippen molar-refractivity contribution in [3.05, 3.63) is 48.4 Å². The fourth-order valence-electron chi connectivity index (χ4n) is 2.57. The first-order chi connectivity index (χ1) is 12.9. The number of anilines is 1. The fourth-order valence-corrected chi connectivity index (χ4v) is 2.57. The summed E-state index contributed by atoms with van der Waals surface area (Å²) in [5.41, 5.74) is 0.875. The number of nitrogens with zero attached hydrogens (tertiary/aromatic N) is 3. The van der Waals surface area contributed by atoms with Gasteiger partial charge in [0.05, 0.1) is 6.54 Å². The van der Waals surface area contributed by atoms with Crippen LogP contribution in [-0.4, -0.2) is 48.0 Å². The Bertz CT molecular complexity index is 774. The topological polar surface area (TPSA) is 76.6 Å². The first-order valence-electron chi connectivity index (χ1n) is 8.17.